The Bertz CT molecular complexity index is 505. The van der Waals surface area contributed by atoms with Gasteiger partial charge in [0.25, 0.3) is 0 Å². The smallest absolute Gasteiger partial charge is 0.422 e. The Balaban J connectivity index is 1.61. The predicted molar refractivity (Wildman–Crippen MR) is 72.9 cm³/mol. The number of morpholine rings is 1. The van der Waals surface area contributed by atoms with Crippen LogP contribution in [0.4, 0.5) is 19.0 Å². The second-order valence-corrected chi connectivity index (χ2v) is 5.86. The average Bonchev–Trinajstić information content (AvgIpc) is 3.29. The Hall–Kier alpha value is -1.57. The number of hydrogen-bond donors (Lipinski definition) is 0. The second-order valence-electron chi connectivity index (χ2n) is 5.86. The first-order valence-corrected chi connectivity index (χ1v) is 7.34. The lowest BCUT2D eigenvalue weighted by Gasteiger charge is -2.37. The highest BCUT2D eigenvalue weighted by Crippen LogP contribution is 2.37. The number of nitrogens with zero attached hydrogens (tertiary/aromatic N) is 3. The van der Waals surface area contributed by atoms with E-state index >= 15 is 0 Å². The maximum Gasteiger partial charge on any atom is 0.422 e. The minimum atomic E-state index is -4.38. The molecule has 2 fully saturated rings. The molecule has 122 valence electrons. The largest absolute Gasteiger partial charge is 0.467 e. The van der Waals surface area contributed by atoms with Gasteiger partial charge in [-0.3, -0.25) is 0 Å². The SMILES string of the molecule is C[C@H]1CN(c2ccc(OCC(F)(F)F)nn2)C[C@@H](C2CC2)O1. The summed E-state index contributed by atoms with van der Waals surface area (Å²) in [5.74, 6) is 1.13. The summed E-state index contributed by atoms with van der Waals surface area (Å²) in [6.07, 6.45) is -1.69. The molecule has 1 saturated carbocycles. The average molecular weight is 317 g/mol. The van der Waals surface area contributed by atoms with E-state index in [1.807, 2.05) is 6.92 Å². The summed E-state index contributed by atoms with van der Waals surface area (Å²) in [4.78, 5) is 2.07. The van der Waals surface area contributed by atoms with Crippen LogP contribution in [0, 0.1) is 5.92 Å². The molecule has 0 radical (unpaired) electrons. The minimum absolute atomic E-state index is 0.0994. The molecule has 2 atom stereocenters. The quantitative estimate of drug-likeness (QED) is 0.853. The van der Waals surface area contributed by atoms with Crippen molar-refractivity contribution in [1.82, 2.24) is 10.2 Å². The van der Waals surface area contributed by atoms with Crippen LogP contribution >= 0.6 is 0 Å². The first-order valence-electron chi connectivity index (χ1n) is 7.34. The van der Waals surface area contributed by atoms with Gasteiger partial charge >= 0.3 is 6.18 Å². The van der Waals surface area contributed by atoms with Gasteiger partial charge in [-0.2, -0.15) is 13.2 Å². The van der Waals surface area contributed by atoms with Crippen LogP contribution in [-0.4, -0.2) is 48.3 Å². The Kier molecular flexibility index (Phi) is 4.12. The summed E-state index contributed by atoms with van der Waals surface area (Å²) < 4.78 is 46.7. The standard InChI is InChI=1S/C14H18F3N3O2/c1-9-6-20(7-11(22-9)10-2-3-10)12-4-5-13(19-18-12)21-8-14(15,16)17/h4-5,9-11H,2-3,6-8H2,1H3/t9-,11-/m0/s1. The first-order chi connectivity index (χ1) is 10.4. The van der Waals surface area contributed by atoms with Crippen molar-refractivity contribution in [2.45, 2.75) is 38.1 Å². The lowest BCUT2D eigenvalue weighted by atomic mass is 10.1. The monoisotopic (exact) mass is 317 g/mol. The Morgan fingerprint density at radius 2 is 2.05 bits per heavy atom. The Labute approximate surface area is 126 Å². The van der Waals surface area contributed by atoms with Gasteiger partial charge in [-0.1, -0.05) is 0 Å². The van der Waals surface area contributed by atoms with E-state index in [2.05, 4.69) is 19.8 Å². The van der Waals surface area contributed by atoms with Gasteiger partial charge in [0.1, 0.15) is 0 Å². The highest BCUT2D eigenvalue weighted by atomic mass is 19.4. The van der Waals surface area contributed by atoms with E-state index in [-0.39, 0.29) is 18.1 Å². The molecule has 0 N–H and O–H groups in total. The molecule has 0 amide bonds. The summed E-state index contributed by atoms with van der Waals surface area (Å²) in [5, 5.41) is 7.69. The topological polar surface area (TPSA) is 47.5 Å². The molecule has 1 saturated heterocycles. The molecule has 2 heterocycles. The van der Waals surface area contributed by atoms with E-state index in [0.717, 1.165) is 6.54 Å². The zero-order valence-electron chi connectivity index (χ0n) is 12.2. The molecule has 5 nitrogen and oxygen atoms in total. The molecule has 1 aromatic heterocycles. The fourth-order valence-corrected chi connectivity index (χ4v) is 2.62. The predicted octanol–water partition coefficient (Wildman–Crippen LogP) is 2.42. The summed E-state index contributed by atoms with van der Waals surface area (Å²) in [6, 6.07) is 3.06. The molecule has 0 unspecified atom stereocenters. The van der Waals surface area contributed by atoms with Crippen LogP contribution in [0.3, 0.4) is 0 Å². The zero-order valence-corrected chi connectivity index (χ0v) is 12.2. The summed E-state index contributed by atoms with van der Waals surface area (Å²) in [5.41, 5.74) is 0. The van der Waals surface area contributed by atoms with Gasteiger partial charge in [-0.15, -0.1) is 10.2 Å². The van der Waals surface area contributed by atoms with Gasteiger partial charge in [0.15, 0.2) is 12.4 Å². The zero-order chi connectivity index (χ0) is 15.7. The summed E-state index contributed by atoms with van der Waals surface area (Å²) in [7, 11) is 0. The van der Waals surface area contributed by atoms with Gasteiger partial charge < -0.3 is 14.4 Å². The van der Waals surface area contributed by atoms with Crippen molar-refractivity contribution in [3.05, 3.63) is 12.1 Å². The third-order valence-electron chi connectivity index (χ3n) is 3.77. The van der Waals surface area contributed by atoms with Crippen LogP contribution in [0.1, 0.15) is 19.8 Å². The fraction of sp³-hybridized carbons (Fsp3) is 0.714. The molecule has 1 aliphatic heterocycles. The van der Waals surface area contributed by atoms with E-state index in [0.29, 0.717) is 18.3 Å². The molecule has 0 bridgehead atoms. The molecule has 22 heavy (non-hydrogen) atoms. The molecule has 2 aliphatic rings. The van der Waals surface area contributed by atoms with Crippen molar-refractivity contribution >= 4 is 5.82 Å². The number of anilines is 1. The molecule has 1 aromatic rings. The van der Waals surface area contributed by atoms with Crippen LogP contribution in [0.2, 0.25) is 0 Å². The van der Waals surface area contributed by atoms with Gasteiger partial charge in [0.2, 0.25) is 5.88 Å². The molecule has 1 aliphatic carbocycles. The van der Waals surface area contributed by atoms with Crippen LogP contribution in [0.5, 0.6) is 5.88 Å². The lowest BCUT2D eigenvalue weighted by Crippen LogP contribution is -2.47. The molecule has 3 rings (SSSR count). The maximum absolute atomic E-state index is 12.1. The van der Waals surface area contributed by atoms with Crippen LogP contribution in [-0.2, 0) is 4.74 Å². The van der Waals surface area contributed by atoms with Crippen molar-refractivity contribution in [1.29, 1.82) is 0 Å². The van der Waals surface area contributed by atoms with Crippen molar-refractivity contribution in [3.63, 3.8) is 0 Å². The lowest BCUT2D eigenvalue weighted by molar-refractivity contribution is -0.154. The van der Waals surface area contributed by atoms with Crippen molar-refractivity contribution in [2.24, 2.45) is 5.92 Å². The van der Waals surface area contributed by atoms with Gasteiger partial charge in [0.05, 0.1) is 12.2 Å². The first kappa shape index (κ1) is 15.3. The highest BCUT2D eigenvalue weighted by Gasteiger charge is 2.37. The normalized spacial score (nSPS) is 26.1. The third kappa shape index (κ3) is 4.00. The van der Waals surface area contributed by atoms with Gasteiger partial charge in [0, 0.05) is 19.2 Å². The molecule has 8 heteroatoms. The molecular formula is C14H18F3N3O2. The number of halogens is 3. The van der Waals surface area contributed by atoms with E-state index in [1.165, 1.54) is 18.9 Å². The Morgan fingerprint density at radius 1 is 1.27 bits per heavy atom. The number of rotatable bonds is 4. The number of aromatic nitrogens is 2. The summed E-state index contributed by atoms with van der Waals surface area (Å²) in [6.45, 7) is 2.09. The van der Waals surface area contributed by atoms with Crippen molar-refractivity contribution in [2.75, 3.05) is 24.6 Å². The second kappa shape index (κ2) is 5.91. The Morgan fingerprint density at radius 3 is 2.64 bits per heavy atom. The maximum atomic E-state index is 12.1. The van der Waals surface area contributed by atoms with Crippen LogP contribution in [0.25, 0.3) is 0 Å². The highest BCUT2D eigenvalue weighted by molar-refractivity contribution is 5.39. The van der Waals surface area contributed by atoms with Gasteiger partial charge in [-0.05, 0) is 31.7 Å². The van der Waals surface area contributed by atoms with Crippen LogP contribution in [0.15, 0.2) is 12.1 Å². The number of hydrogen-bond acceptors (Lipinski definition) is 5. The van der Waals surface area contributed by atoms with E-state index < -0.39 is 12.8 Å². The molecule has 0 aromatic carbocycles. The van der Waals surface area contributed by atoms with Gasteiger partial charge in [-0.25, -0.2) is 0 Å². The fourth-order valence-electron chi connectivity index (χ4n) is 2.62. The van der Waals surface area contributed by atoms with Crippen molar-refractivity contribution in [3.8, 4) is 5.88 Å². The third-order valence-corrected chi connectivity index (χ3v) is 3.77. The summed E-state index contributed by atoms with van der Waals surface area (Å²) >= 11 is 0. The van der Waals surface area contributed by atoms with E-state index in [1.54, 1.807) is 6.07 Å². The molecular weight excluding hydrogens is 299 g/mol. The van der Waals surface area contributed by atoms with Crippen molar-refractivity contribution < 1.29 is 22.6 Å². The van der Waals surface area contributed by atoms with E-state index in [9.17, 15) is 13.2 Å². The molecule has 0 spiro atoms. The minimum Gasteiger partial charge on any atom is -0.467 e. The van der Waals surface area contributed by atoms with E-state index in [4.69, 9.17) is 4.74 Å². The number of alkyl halides is 3. The van der Waals surface area contributed by atoms with Crippen LogP contribution < -0.4 is 9.64 Å². The number of ether oxygens (including phenoxy) is 2.